The molecule has 0 aromatic carbocycles. The van der Waals surface area contributed by atoms with E-state index in [1.165, 1.54) is 18.2 Å². The topological polar surface area (TPSA) is 62.7 Å². The molecule has 0 bridgehead atoms. The molecular formula is C11H16N2O3. The van der Waals surface area contributed by atoms with Crippen molar-refractivity contribution in [3.8, 4) is 0 Å². The minimum absolute atomic E-state index is 0.164. The summed E-state index contributed by atoms with van der Waals surface area (Å²) in [6, 6.07) is 3.39. The van der Waals surface area contributed by atoms with Crippen molar-refractivity contribution in [2.45, 2.75) is 6.10 Å². The molecule has 0 aliphatic carbocycles. The monoisotopic (exact) mass is 224 g/mol. The standard InChI is InChI=1S/C11H16N2O3/c1-13(7-10(14)8-16-2)11(15)9-4-3-5-12-6-9/h3-6,10,14H,7-8H2,1-2H3. The van der Waals surface area contributed by atoms with Crippen molar-refractivity contribution in [3.05, 3.63) is 30.1 Å². The van der Waals surface area contributed by atoms with Crippen LogP contribution in [0.4, 0.5) is 0 Å². The van der Waals surface area contributed by atoms with Crippen LogP contribution in [0.15, 0.2) is 24.5 Å². The summed E-state index contributed by atoms with van der Waals surface area (Å²) in [6.07, 6.45) is 2.44. The highest BCUT2D eigenvalue weighted by Crippen LogP contribution is 2.02. The van der Waals surface area contributed by atoms with Gasteiger partial charge in [-0.05, 0) is 12.1 Å². The van der Waals surface area contributed by atoms with Gasteiger partial charge in [0.05, 0.1) is 18.3 Å². The van der Waals surface area contributed by atoms with Crippen molar-refractivity contribution in [2.24, 2.45) is 0 Å². The number of nitrogens with zero attached hydrogens (tertiary/aromatic N) is 2. The van der Waals surface area contributed by atoms with Crippen LogP contribution in [0.5, 0.6) is 0 Å². The van der Waals surface area contributed by atoms with E-state index in [9.17, 15) is 9.90 Å². The van der Waals surface area contributed by atoms with Gasteiger partial charge >= 0.3 is 0 Å². The minimum atomic E-state index is -0.671. The number of amides is 1. The Balaban J connectivity index is 2.55. The lowest BCUT2D eigenvalue weighted by atomic mass is 10.2. The number of rotatable bonds is 5. The molecule has 0 spiro atoms. The van der Waals surface area contributed by atoms with E-state index in [1.807, 2.05) is 0 Å². The fourth-order valence-electron chi connectivity index (χ4n) is 1.35. The van der Waals surface area contributed by atoms with E-state index in [4.69, 9.17) is 4.74 Å². The number of carbonyl (C=O) groups excluding carboxylic acids is 1. The molecule has 1 heterocycles. The van der Waals surface area contributed by atoms with Gasteiger partial charge < -0.3 is 14.7 Å². The van der Waals surface area contributed by atoms with E-state index in [-0.39, 0.29) is 19.1 Å². The molecule has 0 aliphatic heterocycles. The first-order chi connectivity index (χ1) is 7.65. The predicted molar refractivity (Wildman–Crippen MR) is 59.1 cm³/mol. The summed E-state index contributed by atoms with van der Waals surface area (Å²) in [5.74, 6) is -0.164. The first kappa shape index (κ1) is 12.6. The number of methoxy groups -OCH3 is 1. The SMILES string of the molecule is COCC(O)CN(C)C(=O)c1cccnc1. The third-order valence-corrected chi connectivity index (χ3v) is 2.10. The number of hydrogen-bond donors (Lipinski definition) is 1. The van der Waals surface area contributed by atoms with Gasteiger partial charge in [0.1, 0.15) is 0 Å². The largest absolute Gasteiger partial charge is 0.389 e. The third kappa shape index (κ3) is 3.60. The van der Waals surface area contributed by atoms with Crippen LogP contribution >= 0.6 is 0 Å². The van der Waals surface area contributed by atoms with Gasteiger partial charge in [0, 0.05) is 33.1 Å². The van der Waals surface area contributed by atoms with Gasteiger partial charge in [0.25, 0.3) is 5.91 Å². The highest BCUT2D eigenvalue weighted by atomic mass is 16.5. The molecule has 1 aromatic rings. The molecule has 0 aliphatic rings. The van der Waals surface area contributed by atoms with E-state index in [0.29, 0.717) is 5.56 Å². The summed E-state index contributed by atoms with van der Waals surface area (Å²) >= 11 is 0. The van der Waals surface area contributed by atoms with Crippen LogP contribution in [-0.2, 0) is 4.74 Å². The van der Waals surface area contributed by atoms with Crippen LogP contribution in [0.1, 0.15) is 10.4 Å². The Kier molecular flexibility index (Phi) is 4.88. The first-order valence-electron chi connectivity index (χ1n) is 4.97. The Morgan fingerprint density at radius 2 is 2.44 bits per heavy atom. The highest BCUT2D eigenvalue weighted by Gasteiger charge is 2.15. The first-order valence-corrected chi connectivity index (χ1v) is 4.97. The summed E-state index contributed by atoms with van der Waals surface area (Å²) in [4.78, 5) is 17.1. The average Bonchev–Trinajstić information content (AvgIpc) is 2.29. The Labute approximate surface area is 94.7 Å². The summed E-state index contributed by atoms with van der Waals surface area (Å²) in [7, 11) is 3.14. The third-order valence-electron chi connectivity index (χ3n) is 2.10. The summed E-state index contributed by atoms with van der Waals surface area (Å²) in [5.41, 5.74) is 0.509. The molecule has 1 N–H and O–H groups in total. The summed E-state index contributed by atoms with van der Waals surface area (Å²) < 4.78 is 4.79. The second-order valence-electron chi connectivity index (χ2n) is 3.54. The summed E-state index contributed by atoms with van der Waals surface area (Å²) in [5, 5.41) is 9.48. The van der Waals surface area contributed by atoms with Crippen LogP contribution < -0.4 is 0 Å². The lowest BCUT2D eigenvalue weighted by Crippen LogP contribution is -2.36. The van der Waals surface area contributed by atoms with E-state index in [0.717, 1.165) is 0 Å². The lowest BCUT2D eigenvalue weighted by molar-refractivity contribution is 0.0380. The van der Waals surface area contributed by atoms with E-state index in [2.05, 4.69) is 4.98 Å². The van der Waals surface area contributed by atoms with Gasteiger partial charge in [0.15, 0.2) is 0 Å². The Hall–Kier alpha value is -1.46. The maximum atomic E-state index is 11.8. The molecule has 16 heavy (non-hydrogen) atoms. The molecule has 5 nitrogen and oxygen atoms in total. The molecular weight excluding hydrogens is 208 g/mol. The molecule has 1 rings (SSSR count). The van der Waals surface area contributed by atoms with Gasteiger partial charge in [-0.3, -0.25) is 9.78 Å². The molecule has 1 aromatic heterocycles. The fourth-order valence-corrected chi connectivity index (χ4v) is 1.35. The maximum Gasteiger partial charge on any atom is 0.255 e. The number of ether oxygens (including phenoxy) is 1. The number of hydrogen-bond acceptors (Lipinski definition) is 4. The zero-order valence-electron chi connectivity index (χ0n) is 9.46. The number of aliphatic hydroxyl groups is 1. The van der Waals surface area contributed by atoms with Crippen LogP contribution in [0.3, 0.4) is 0 Å². The molecule has 0 saturated heterocycles. The molecule has 0 fully saturated rings. The number of aliphatic hydroxyl groups excluding tert-OH is 1. The molecule has 1 amide bonds. The molecule has 0 saturated carbocycles. The maximum absolute atomic E-state index is 11.8. The van der Waals surface area contributed by atoms with Crippen LogP contribution in [0.25, 0.3) is 0 Å². The minimum Gasteiger partial charge on any atom is -0.389 e. The summed E-state index contributed by atoms with van der Waals surface area (Å²) in [6.45, 7) is 0.451. The molecule has 1 atom stereocenters. The fraction of sp³-hybridized carbons (Fsp3) is 0.455. The van der Waals surface area contributed by atoms with Gasteiger partial charge in [0.2, 0.25) is 0 Å². The predicted octanol–water partition coefficient (Wildman–Crippen LogP) is 0.161. The van der Waals surface area contributed by atoms with Crippen molar-refractivity contribution in [3.63, 3.8) is 0 Å². The van der Waals surface area contributed by atoms with Crippen molar-refractivity contribution in [2.75, 3.05) is 27.3 Å². The Morgan fingerprint density at radius 1 is 1.69 bits per heavy atom. The quantitative estimate of drug-likeness (QED) is 0.774. The lowest BCUT2D eigenvalue weighted by Gasteiger charge is -2.20. The average molecular weight is 224 g/mol. The number of aromatic nitrogens is 1. The Morgan fingerprint density at radius 3 is 3.00 bits per heavy atom. The second-order valence-corrected chi connectivity index (χ2v) is 3.54. The van der Waals surface area contributed by atoms with E-state index in [1.54, 1.807) is 25.4 Å². The molecule has 5 heteroatoms. The Bertz CT molecular complexity index is 329. The number of likely N-dealkylation sites (N-methyl/N-ethyl adjacent to an activating group) is 1. The van der Waals surface area contributed by atoms with Gasteiger partial charge in [-0.1, -0.05) is 0 Å². The van der Waals surface area contributed by atoms with Crippen molar-refractivity contribution < 1.29 is 14.6 Å². The normalized spacial score (nSPS) is 12.2. The number of carbonyl (C=O) groups is 1. The smallest absolute Gasteiger partial charge is 0.255 e. The van der Waals surface area contributed by atoms with Gasteiger partial charge in [-0.2, -0.15) is 0 Å². The van der Waals surface area contributed by atoms with E-state index >= 15 is 0 Å². The zero-order valence-corrected chi connectivity index (χ0v) is 9.46. The zero-order chi connectivity index (χ0) is 12.0. The van der Waals surface area contributed by atoms with Crippen LogP contribution in [-0.4, -0.2) is 54.3 Å². The van der Waals surface area contributed by atoms with Crippen molar-refractivity contribution in [1.82, 2.24) is 9.88 Å². The second kappa shape index (κ2) is 6.19. The van der Waals surface area contributed by atoms with Gasteiger partial charge in [-0.15, -0.1) is 0 Å². The highest BCUT2D eigenvalue weighted by molar-refractivity contribution is 5.93. The van der Waals surface area contributed by atoms with E-state index < -0.39 is 6.10 Å². The van der Waals surface area contributed by atoms with Crippen molar-refractivity contribution >= 4 is 5.91 Å². The van der Waals surface area contributed by atoms with Gasteiger partial charge in [-0.25, -0.2) is 0 Å². The number of pyridine rings is 1. The molecule has 1 unspecified atom stereocenters. The molecule has 0 radical (unpaired) electrons. The van der Waals surface area contributed by atoms with Crippen LogP contribution in [0.2, 0.25) is 0 Å². The van der Waals surface area contributed by atoms with Crippen molar-refractivity contribution in [1.29, 1.82) is 0 Å². The molecule has 88 valence electrons. The van der Waals surface area contributed by atoms with Crippen LogP contribution in [0, 0.1) is 0 Å².